The summed E-state index contributed by atoms with van der Waals surface area (Å²) >= 11 is 0. The highest BCUT2D eigenvalue weighted by Gasteiger charge is 2.36. The third kappa shape index (κ3) is 5.04. The van der Waals surface area contributed by atoms with Crippen LogP contribution >= 0.6 is 0 Å². The summed E-state index contributed by atoms with van der Waals surface area (Å²) in [5.41, 5.74) is 4.76. The summed E-state index contributed by atoms with van der Waals surface area (Å²) in [5.74, 6) is -0.566. The van der Waals surface area contributed by atoms with E-state index in [4.69, 9.17) is 9.84 Å². The van der Waals surface area contributed by atoms with Gasteiger partial charge in [-0.2, -0.15) is 0 Å². The number of aliphatic carboxylic acids is 1. The van der Waals surface area contributed by atoms with Gasteiger partial charge in [0.25, 0.3) is 0 Å². The Labute approximate surface area is 205 Å². The molecule has 3 aliphatic rings. The Morgan fingerprint density at radius 3 is 2.26 bits per heavy atom. The molecule has 2 fully saturated rings. The van der Waals surface area contributed by atoms with Gasteiger partial charge in [-0.3, -0.25) is 9.59 Å². The average molecular weight is 477 g/mol. The van der Waals surface area contributed by atoms with Crippen molar-refractivity contribution >= 4 is 18.0 Å². The van der Waals surface area contributed by atoms with Crippen molar-refractivity contribution in [1.82, 2.24) is 10.2 Å². The topological polar surface area (TPSA) is 95.9 Å². The summed E-state index contributed by atoms with van der Waals surface area (Å²) in [5, 5.41) is 12.1. The van der Waals surface area contributed by atoms with E-state index >= 15 is 0 Å². The van der Waals surface area contributed by atoms with Gasteiger partial charge in [0.05, 0.1) is 6.42 Å². The van der Waals surface area contributed by atoms with Gasteiger partial charge in [0.1, 0.15) is 6.61 Å². The Kier molecular flexibility index (Phi) is 6.75. The number of carbonyl (C=O) groups excluding carboxylic acids is 2. The first-order valence-electron chi connectivity index (χ1n) is 12.6. The third-order valence-corrected chi connectivity index (χ3v) is 7.72. The maximum atomic E-state index is 12.8. The molecule has 2 amide bonds. The quantitative estimate of drug-likeness (QED) is 0.611. The van der Waals surface area contributed by atoms with Crippen molar-refractivity contribution in [2.75, 3.05) is 13.2 Å². The SMILES string of the molecule is O=C(O)C[C@@H]1CCCCN1C(=O)CC1CC(NC(=O)OCC2c3ccccc3-c3ccccc32)C1. The van der Waals surface area contributed by atoms with E-state index < -0.39 is 12.1 Å². The average Bonchev–Trinajstić information content (AvgIpc) is 3.15. The predicted molar refractivity (Wildman–Crippen MR) is 131 cm³/mol. The van der Waals surface area contributed by atoms with E-state index in [-0.39, 0.29) is 42.9 Å². The maximum Gasteiger partial charge on any atom is 0.407 e. The van der Waals surface area contributed by atoms with Crippen LogP contribution in [0.4, 0.5) is 4.79 Å². The van der Waals surface area contributed by atoms with E-state index in [9.17, 15) is 14.4 Å². The zero-order valence-electron chi connectivity index (χ0n) is 19.8. The molecule has 184 valence electrons. The molecule has 0 unspecified atom stereocenters. The second kappa shape index (κ2) is 10.1. The number of hydrogen-bond donors (Lipinski definition) is 2. The van der Waals surface area contributed by atoms with Gasteiger partial charge in [0, 0.05) is 31.0 Å². The zero-order chi connectivity index (χ0) is 24.4. The molecule has 0 spiro atoms. The van der Waals surface area contributed by atoms with Crippen molar-refractivity contribution in [3.63, 3.8) is 0 Å². The van der Waals surface area contributed by atoms with Gasteiger partial charge in [-0.15, -0.1) is 0 Å². The Morgan fingerprint density at radius 2 is 1.60 bits per heavy atom. The van der Waals surface area contributed by atoms with E-state index in [1.54, 1.807) is 4.90 Å². The highest BCUT2D eigenvalue weighted by atomic mass is 16.5. The molecule has 5 rings (SSSR count). The van der Waals surface area contributed by atoms with Gasteiger partial charge in [0.15, 0.2) is 0 Å². The minimum absolute atomic E-state index is 0.0135. The molecule has 7 nitrogen and oxygen atoms in total. The number of nitrogens with one attached hydrogen (secondary N) is 1. The molecule has 2 aromatic carbocycles. The van der Waals surface area contributed by atoms with Crippen LogP contribution in [0.15, 0.2) is 48.5 Å². The van der Waals surface area contributed by atoms with Gasteiger partial charge >= 0.3 is 12.1 Å². The zero-order valence-corrected chi connectivity index (χ0v) is 19.8. The minimum Gasteiger partial charge on any atom is -0.481 e. The van der Waals surface area contributed by atoms with Crippen LogP contribution in [-0.4, -0.2) is 53.2 Å². The van der Waals surface area contributed by atoms with E-state index in [0.717, 1.165) is 32.1 Å². The molecule has 1 heterocycles. The van der Waals surface area contributed by atoms with Crippen LogP contribution in [0.1, 0.15) is 62.0 Å². The third-order valence-electron chi connectivity index (χ3n) is 7.72. The molecular formula is C28H32N2O5. The highest BCUT2D eigenvalue weighted by molar-refractivity contribution is 5.79. The summed E-state index contributed by atoms with van der Waals surface area (Å²) in [7, 11) is 0. The van der Waals surface area contributed by atoms with Gasteiger partial charge in [-0.25, -0.2) is 4.79 Å². The molecule has 7 heteroatoms. The van der Waals surface area contributed by atoms with Crippen molar-refractivity contribution < 1.29 is 24.2 Å². The van der Waals surface area contributed by atoms with Crippen molar-refractivity contribution in [3.8, 4) is 11.1 Å². The molecular weight excluding hydrogens is 444 g/mol. The summed E-state index contributed by atoms with van der Waals surface area (Å²) in [6.45, 7) is 0.930. The lowest BCUT2D eigenvalue weighted by atomic mass is 9.78. The molecule has 1 atom stereocenters. The standard InChI is InChI=1S/C28H32N2O5/c31-26(30-12-6-5-7-20(30)16-27(32)33)15-18-13-19(14-18)29-28(34)35-17-25-23-10-3-1-8-21(23)22-9-2-4-11-24(22)25/h1-4,8-11,18-20,25H,5-7,12-17H2,(H,29,34)(H,32,33)/t18?,19?,20-/m0/s1. The van der Waals surface area contributed by atoms with Crippen LogP contribution in [0.25, 0.3) is 11.1 Å². The molecule has 1 saturated heterocycles. The molecule has 2 N–H and O–H groups in total. The number of ether oxygens (including phenoxy) is 1. The Balaban J connectivity index is 1.08. The fourth-order valence-corrected chi connectivity index (χ4v) is 5.93. The number of rotatable bonds is 7. The smallest absolute Gasteiger partial charge is 0.407 e. The molecule has 1 saturated carbocycles. The monoisotopic (exact) mass is 476 g/mol. The first kappa shape index (κ1) is 23.4. The lowest BCUT2D eigenvalue weighted by molar-refractivity contribution is -0.142. The van der Waals surface area contributed by atoms with Gasteiger partial charge in [-0.1, -0.05) is 48.5 Å². The number of carboxylic acids is 1. The second-order valence-electron chi connectivity index (χ2n) is 10.0. The number of likely N-dealkylation sites (tertiary alicyclic amines) is 1. The van der Waals surface area contributed by atoms with Crippen molar-refractivity contribution in [3.05, 3.63) is 59.7 Å². The van der Waals surface area contributed by atoms with E-state index in [0.29, 0.717) is 13.0 Å². The Hall–Kier alpha value is -3.35. The lowest BCUT2D eigenvalue weighted by Crippen LogP contribution is -2.48. The molecule has 1 aliphatic heterocycles. The number of fused-ring (bicyclic) bond motifs is 3. The van der Waals surface area contributed by atoms with E-state index in [1.807, 2.05) is 24.3 Å². The number of nitrogens with zero attached hydrogens (tertiary/aromatic N) is 1. The molecule has 0 radical (unpaired) electrons. The number of carboxylic acid groups (broad SMARTS) is 1. The van der Waals surface area contributed by atoms with Crippen LogP contribution < -0.4 is 5.32 Å². The van der Waals surface area contributed by atoms with Crippen LogP contribution in [0.3, 0.4) is 0 Å². The minimum atomic E-state index is -0.856. The summed E-state index contributed by atoms with van der Waals surface area (Å²) in [4.78, 5) is 38.2. The maximum absolute atomic E-state index is 12.8. The number of carbonyl (C=O) groups is 3. The lowest BCUT2D eigenvalue weighted by Gasteiger charge is -2.39. The van der Waals surface area contributed by atoms with Crippen LogP contribution in [0, 0.1) is 5.92 Å². The normalized spacial score (nSPS) is 23.1. The van der Waals surface area contributed by atoms with Crippen LogP contribution in [0.5, 0.6) is 0 Å². The predicted octanol–water partition coefficient (Wildman–Crippen LogP) is 4.55. The number of piperidine rings is 1. The molecule has 0 aromatic heterocycles. The van der Waals surface area contributed by atoms with Crippen molar-refractivity contribution in [1.29, 1.82) is 0 Å². The largest absolute Gasteiger partial charge is 0.481 e. The number of benzene rings is 2. The summed E-state index contributed by atoms with van der Waals surface area (Å²) in [6.07, 6.45) is 4.16. The molecule has 0 bridgehead atoms. The summed E-state index contributed by atoms with van der Waals surface area (Å²) < 4.78 is 5.63. The number of amides is 2. The number of alkyl carbamates (subject to hydrolysis) is 1. The van der Waals surface area contributed by atoms with Gasteiger partial charge in [0.2, 0.25) is 5.91 Å². The first-order chi connectivity index (χ1) is 17.0. The highest BCUT2D eigenvalue weighted by Crippen LogP contribution is 2.44. The first-order valence-corrected chi connectivity index (χ1v) is 12.6. The Bertz CT molecular complexity index is 1060. The Morgan fingerprint density at radius 1 is 0.943 bits per heavy atom. The number of hydrogen-bond acceptors (Lipinski definition) is 4. The molecule has 35 heavy (non-hydrogen) atoms. The van der Waals surface area contributed by atoms with Crippen molar-refractivity contribution in [2.45, 2.75) is 62.9 Å². The van der Waals surface area contributed by atoms with E-state index in [2.05, 4.69) is 29.6 Å². The second-order valence-corrected chi connectivity index (χ2v) is 10.0. The fraction of sp³-hybridized carbons (Fsp3) is 0.464. The summed E-state index contributed by atoms with van der Waals surface area (Å²) in [6, 6.07) is 16.3. The van der Waals surface area contributed by atoms with Gasteiger partial charge < -0.3 is 20.1 Å². The van der Waals surface area contributed by atoms with E-state index in [1.165, 1.54) is 22.3 Å². The fourth-order valence-electron chi connectivity index (χ4n) is 5.93. The van der Waals surface area contributed by atoms with Crippen LogP contribution in [-0.2, 0) is 14.3 Å². The molecule has 2 aromatic rings. The van der Waals surface area contributed by atoms with Crippen molar-refractivity contribution in [2.24, 2.45) is 5.92 Å². The van der Waals surface area contributed by atoms with Gasteiger partial charge in [-0.05, 0) is 60.3 Å². The van der Waals surface area contributed by atoms with Crippen LogP contribution in [0.2, 0.25) is 0 Å². The molecule has 2 aliphatic carbocycles.